The quantitative estimate of drug-likeness (QED) is 0.437. The van der Waals surface area contributed by atoms with E-state index in [1.54, 1.807) is 61.8 Å². The zero-order chi connectivity index (χ0) is 23.7. The van der Waals surface area contributed by atoms with Crippen molar-refractivity contribution < 1.29 is 18.7 Å². The van der Waals surface area contributed by atoms with Gasteiger partial charge in [0, 0.05) is 23.5 Å². The number of furan rings is 1. The SMILES string of the molecule is CCOC(=O)c1cccc(-c2ccc(/C=C3/C(=N)N4N=C(c5cccnc5)SC4=NC3=O)o2)c1. The number of nitrogens with zero attached hydrogens (tertiary/aromatic N) is 4. The summed E-state index contributed by atoms with van der Waals surface area (Å²) in [5, 5.41) is 15.2. The molecule has 0 fully saturated rings. The maximum absolute atomic E-state index is 12.7. The standard InChI is InChI=1S/C24H17N5O4S/c1-2-32-23(31)15-6-3-5-14(11-15)19-9-8-17(33-19)12-18-20(25)29-24(27-21(18)30)34-22(28-29)16-7-4-10-26-13-16/h3-13,25H,2H2,1H3/b18-12-,25-20?. The molecule has 1 N–H and O–H groups in total. The predicted octanol–water partition coefficient (Wildman–Crippen LogP) is 4.19. The molecule has 2 aromatic heterocycles. The fourth-order valence-electron chi connectivity index (χ4n) is 3.34. The van der Waals surface area contributed by atoms with Crippen molar-refractivity contribution in [2.75, 3.05) is 6.61 Å². The number of pyridine rings is 1. The lowest BCUT2D eigenvalue weighted by Crippen LogP contribution is -2.35. The molecule has 10 heteroatoms. The van der Waals surface area contributed by atoms with E-state index in [0.717, 1.165) is 5.56 Å². The summed E-state index contributed by atoms with van der Waals surface area (Å²) >= 11 is 1.21. The number of nitrogens with one attached hydrogen (secondary N) is 1. The number of amides is 1. The van der Waals surface area contributed by atoms with E-state index in [9.17, 15) is 9.59 Å². The molecular formula is C24H17N5O4S. The molecule has 0 bridgehead atoms. The summed E-state index contributed by atoms with van der Waals surface area (Å²) in [6.07, 6.45) is 4.78. The summed E-state index contributed by atoms with van der Waals surface area (Å²) in [6.45, 7) is 2.03. The van der Waals surface area contributed by atoms with Crippen molar-refractivity contribution in [1.82, 2.24) is 9.99 Å². The number of aromatic nitrogens is 1. The maximum Gasteiger partial charge on any atom is 0.338 e. The van der Waals surface area contributed by atoms with Gasteiger partial charge in [0.1, 0.15) is 16.6 Å². The average Bonchev–Trinajstić information content (AvgIpc) is 3.50. The summed E-state index contributed by atoms with van der Waals surface area (Å²) in [6, 6.07) is 13.9. The molecule has 0 spiro atoms. The highest BCUT2D eigenvalue weighted by molar-refractivity contribution is 8.27. The number of carbonyl (C=O) groups is 2. The molecule has 3 aromatic rings. The summed E-state index contributed by atoms with van der Waals surface area (Å²) in [5.74, 6) is -0.183. The van der Waals surface area contributed by atoms with Crippen molar-refractivity contribution in [2.45, 2.75) is 6.92 Å². The number of benzene rings is 1. The number of amidine groups is 2. The highest BCUT2D eigenvalue weighted by Gasteiger charge is 2.36. The third-order valence-electron chi connectivity index (χ3n) is 4.93. The van der Waals surface area contributed by atoms with Gasteiger partial charge in [0.25, 0.3) is 5.91 Å². The molecule has 0 saturated carbocycles. The van der Waals surface area contributed by atoms with Crippen LogP contribution < -0.4 is 0 Å². The van der Waals surface area contributed by atoms with Gasteiger partial charge in [-0.25, -0.2) is 4.79 Å². The highest BCUT2D eigenvalue weighted by atomic mass is 32.2. The van der Waals surface area contributed by atoms with E-state index in [4.69, 9.17) is 14.6 Å². The Hall–Kier alpha value is -4.31. The second-order valence-electron chi connectivity index (χ2n) is 7.17. The Morgan fingerprint density at radius 1 is 1.21 bits per heavy atom. The monoisotopic (exact) mass is 471 g/mol. The minimum atomic E-state index is -0.548. The zero-order valence-corrected chi connectivity index (χ0v) is 18.7. The van der Waals surface area contributed by atoms with Gasteiger partial charge in [0.2, 0.25) is 5.17 Å². The van der Waals surface area contributed by atoms with Gasteiger partial charge < -0.3 is 9.15 Å². The number of ether oxygens (including phenoxy) is 1. The van der Waals surface area contributed by atoms with E-state index in [2.05, 4.69) is 15.1 Å². The Bertz CT molecular complexity index is 1410. The Morgan fingerprint density at radius 3 is 2.85 bits per heavy atom. The predicted molar refractivity (Wildman–Crippen MR) is 128 cm³/mol. The molecule has 34 heavy (non-hydrogen) atoms. The number of thioether (sulfide) groups is 1. The third-order valence-corrected chi connectivity index (χ3v) is 5.89. The van der Waals surface area contributed by atoms with Crippen LogP contribution in [0.1, 0.15) is 28.6 Å². The lowest BCUT2D eigenvalue weighted by molar-refractivity contribution is -0.114. The summed E-state index contributed by atoms with van der Waals surface area (Å²) in [5.41, 5.74) is 1.93. The first-order valence-corrected chi connectivity index (χ1v) is 11.1. The molecule has 0 aliphatic carbocycles. The molecule has 5 rings (SSSR count). The number of rotatable bonds is 5. The molecule has 0 radical (unpaired) electrons. The highest BCUT2D eigenvalue weighted by Crippen LogP contribution is 2.31. The van der Waals surface area contributed by atoms with Crippen molar-refractivity contribution in [1.29, 1.82) is 5.41 Å². The molecular weight excluding hydrogens is 454 g/mol. The van der Waals surface area contributed by atoms with Crippen LogP contribution in [0.3, 0.4) is 0 Å². The topological polar surface area (TPSA) is 121 Å². The largest absolute Gasteiger partial charge is 0.462 e. The summed E-state index contributed by atoms with van der Waals surface area (Å²) in [4.78, 5) is 32.8. The lowest BCUT2D eigenvalue weighted by Gasteiger charge is -2.19. The van der Waals surface area contributed by atoms with Crippen LogP contribution in [0.4, 0.5) is 0 Å². The van der Waals surface area contributed by atoms with Gasteiger partial charge in [-0.1, -0.05) is 12.1 Å². The molecule has 0 unspecified atom stereocenters. The molecule has 4 heterocycles. The van der Waals surface area contributed by atoms with E-state index in [0.29, 0.717) is 32.9 Å². The van der Waals surface area contributed by atoms with Gasteiger partial charge in [-0.2, -0.15) is 15.1 Å². The van der Waals surface area contributed by atoms with Crippen LogP contribution in [-0.2, 0) is 9.53 Å². The maximum atomic E-state index is 12.7. The van der Waals surface area contributed by atoms with Gasteiger partial charge in [-0.15, -0.1) is 0 Å². The van der Waals surface area contributed by atoms with Crippen LogP contribution in [-0.4, -0.2) is 44.5 Å². The van der Waals surface area contributed by atoms with Crippen molar-refractivity contribution in [3.05, 3.63) is 83.4 Å². The molecule has 0 saturated heterocycles. The molecule has 1 amide bonds. The first-order valence-electron chi connectivity index (χ1n) is 10.3. The smallest absolute Gasteiger partial charge is 0.338 e. The van der Waals surface area contributed by atoms with Gasteiger partial charge in [-0.05, 0) is 61.2 Å². The second kappa shape index (κ2) is 8.91. The van der Waals surface area contributed by atoms with Crippen molar-refractivity contribution in [3.8, 4) is 11.3 Å². The van der Waals surface area contributed by atoms with Crippen molar-refractivity contribution in [3.63, 3.8) is 0 Å². The number of fused-ring (bicyclic) bond motifs is 1. The third kappa shape index (κ3) is 4.06. The number of hydrazone groups is 1. The fourth-order valence-corrected chi connectivity index (χ4v) is 4.22. The molecule has 1 aromatic carbocycles. The van der Waals surface area contributed by atoms with Gasteiger partial charge in [0.15, 0.2) is 5.84 Å². The van der Waals surface area contributed by atoms with Crippen LogP contribution in [0.25, 0.3) is 17.4 Å². The lowest BCUT2D eigenvalue weighted by atomic mass is 10.1. The number of carbonyl (C=O) groups excluding carboxylic acids is 2. The second-order valence-corrected chi connectivity index (χ2v) is 8.13. The first-order chi connectivity index (χ1) is 16.5. The summed E-state index contributed by atoms with van der Waals surface area (Å²) in [7, 11) is 0. The van der Waals surface area contributed by atoms with Gasteiger partial charge in [-0.3, -0.25) is 15.2 Å². The number of esters is 1. The van der Waals surface area contributed by atoms with Crippen LogP contribution in [0.5, 0.6) is 0 Å². The van der Waals surface area contributed by atoms with Gasteiger partial charge in [0.05, 0.1) is 17.7 Å². The first kappa shape index (κ1) is 21.5. The summed E-state index contributed by atoms with van der Waals surface area (Å²) < 4.78 is 10.9. The Morgan fingerprint density at radius 2 is 2.06 bits per heavy atom. The van der Waals surface area contributed by atoms with Crippen molar-refractivity contribution in [2.24, 2.45) is 10.1 Å². The van der Waals surface area contributed by atoms with Crippen LogP contribution in [0.2, 0.25) is 0 Å². The van der Waals surface area contributed by atoms with E-state index >= 15 is 0 Å². The van der Waals surface area contributed by atoms with E-state index in [-0.39, 0.29) is 18.0 Å². The molecule has 9 nitrogen and oxygen atoms in total. The van der Waals surface area contributed by atoms with E-state index < -0.39 is 11.9 Å². The average molecular weight is 471 g/mol. The molecule has 0 atom stereocenters. The van der Waals surface area contributed by atoms with Crippen LogP contribution in [0.15, 0.2) is 81.0 Å². The minimum Gasteiger partial charge on any atom is -0.462 e. The fraction of sp³-hybridized carbons (Fsp3) is 0.0833. The van der Waals surface area contributed by atoms with Crippen molar-refractivity contribution >= 4 is 45.8 Å². The number of hydrogen-bond donors (Lipinski definition) is 1. The minimum absolute atomic E-state index is 0.0571. The Balaban J connectivity index is 1.41. The molecule has 168 valence electrons. The van der Waals surface area contributed by atoms with Crippen LogP contribution in [0, 0.1) is 5.41 Å². The Labute approximate surface area is 198 Å². The van der Waals surface area contributed by atoms with Crippen LogP contribution >= 0.6 is 11.8 Å². The van der Waals surface area contributed by atoms with Gasteiger partial charge >= 0.3 is 5.97 Å². The van der Waals surface area contributed by atoms with E-state index in [1.807, 2.05) is 6.07 Å². The Kier molecular flexibility index (Phi) is 5.64. The number of aliphatic imine (C=N–C) groups is 1. The zero-order valence-electron chi connectivity index (χ0n) is 17.9. The normalized spacial score (nSPS) is 16.4. The molecule has 2 aliphatic rings. The number of hydrogen-bond acceptors (Lipinski definition) is 8. The molecule has 2 aliphatic heterocycles. The van der Waals surface area contributed by atoms with E-state index in [1.165, 1.54) is 22.8 Å².